The van der Waals surface area contributed by atoms with Crippen LogP contribution in [0.5, 0.6) is 11.5 Å². The number of nitro groups is 1. The molecular weight excluding hydrogens is 348 g/mol. The average molecular weight is 372 g/mol. The molecule has 144 valence electrons. The highest BCUT2D eigenvalue weighted by molar-refractivity contribution is 5.88. The van der Waals surface area contributed by atoms with Crippen molar-refractivity contribution in [3.63, 3.8) is 0 Å². The van der Waals surface area contributed by atoms with Crippen LogP contribution in [0.15, 0.2) is 46.3 Å². The molecule has 0 aliphatic heterocycles. The summed E-state index contributed by atoms with van der Waals surface area (Å²) in [7, 11) is 1.38. The van der Waals surface area contributed by atoms with E-state index in [1.54, 1.807) is 6.07 Å². The second-order valence-corrected chi connectivity index (χ2v) is 6.49. The van der Waals surface area contributed by atoms with Crippen molar-refractivity contribution in [1.29, 1.82) is 0 Å². The Kier molecular flexibility index (Phi) is 6.76. The highest BCUT2D eigenvalue weighted by Crippen LogP contribution is 2.33. The maximum absolute atomic E-state index is 12.2. The number of methoxy groups -OCH3 is 1. The number of aromatic amines is 1. The van der Waals surface area contributed by atoms with Gasteiger partial charge >= 0.3 is 0 Å². The predicted octanol–water partition coefficient (Wildman–Crippen LogP) is 4.52. The maximum Gasteiger partial charge on any atom is 0.294 e. The Balaban J connectivity index is 2.29. The highest BCUT2D eigenvalue weighted by atomic mass is 16.6. The zero-order valence-electron chi connectivity index (χ0n) is 16.0. The van der Waals surface area contributed by atoms with Gasteiger partial charge in [0, 0.05) is 17.5 Å². The number of fused-ring (bicyclic) bond motifs is 1. The van der Waals surface area contributed by atoms with Gasteiger partial charge in [-0.3, -0.25) is 14.9 Å². The summed E-state index contributed by atoms with van der Waals surface area (Å²) >= 11 is 0. The van der Waals surface area contributed by atoms with Gasteiger partial charge in [-0.2, -0.15) is 0 Å². The lowest BCUT2D eigenvalue weighted by Gasteiger charge is -2.12. The molecule has 0 aliphatic carbocycles. The van der Waals surface area contributed by atoms with Crippen LogP contribution in [0.3, 0.4) is 0 Å². The summed E-state index contributed by atoms with van der Waals surface area (Å²) in [6.07, 6.45) is 6.02. The van der Waals surface area contributed by atoms with Crippen molar-refractivity contribution in [3.05, 3.63) is 62.0 Å². The first-order valence-corrected chi connectivity index (χ1v) is 8.63. The molecule has 1 heterocycles. The van der Waals surface area contributed by atoms with E-state index in [-0.39, 0.29) is 23.8 Å². The number of rotatable bonds is 8. The SMILES string of the molecule is COc1c(OC/C=C(\C)CCC=C(C)C)c2ccc([N+](=O)[O-])cc2[nH]c1=O. The van der Waals surface area contributed by atoms with Crippen molar-refractivity contribution in [2.45, 2.75) is 33.6 Å². The van der Waals surface area contributed by atoms with Crippen molar-refractivity contribution in [3.8, 4) is 11.5 Å². The molecule has 0 saturated heterocycles. The molecular formula is C20H24N2O5. The Morgan fingerprint density at radius 3 is 2.59 bits per heavy atom. The topological polar surface area (TPSA) is 94.5 Å². The van der Waals surface area contributed by atoms with E-state index in [1.165, 1.54) is 30.4 Å². The van der Waals surface area contributed by atoms with E-state index in [0.717, 1.165) is 12.8 Å². The Hall–Kier alpha value is -3.09. The highest BCUT2D eigenvalue weighted by Gasteiger charge is 2.17. The quantitative estimate of drug-likeness (QED) is 0.418. The summed E-state index contributed by atoms with van der Waals surface area (Å²) in [4.78, 5) is 25.3. The summed E-state index contributed by atoms with van der Waals surface area (Å²) < 4.78 is 11.0. The Labute approximate surface area is 157 Å². The van der Waals surface area contributed by atoms with Crippen LogP contribution >= 0.6 is 0 Å². The van der Waals surface area contributed by atoms with Gasteiger partial charge in [-0.25, -0.2) is 0 Å². The number of nitro benzene ring substituents is 1. The summed E-state index contributed by atoms with van der Waals surface area (Å²) in [6.45, 7) is 6.43. The summed E-state index contributed by atoms with van der Waals surface area (Å²) in [5.41, 5.74) is 2.19. The fourth-order valence-corrected chi connectivity index (χ4v) is 2.64. The predicted molar refractivity (Wildman–Crippen MR) is 106 cm³/mol. The van der Waals surface area contributed by atoms with Crippen LogP contribution in [0.4, 0.5) is 5.69 Å². The number of pyridine rings is 1. The summed E-state index contributed by atoms with van der Waals surface area (Å²) in [5, 5.41) is 11.5. The van der Waals surface area contributed by atoms with Crippen molar-refractivity contribution < 1.29 is 14.4 Å². The van der Waals surface area contributed by atoms with E-state index in [2.05, 4.69) is 24.9 Å². The Bertz CT molecular complexity index is 953. The van der Waals surface area contributed by atoms with E-state index in [9.17, 15) is 14.9 Å². The van der Waals surface area contributed by atoms with E-state index in [0.29, 0.717) is 10.9 Å². The number of nitrogens with one attached hydrogen (secondary N) is 1. The van der Waals surface area contributed by atoms with Crippen LogP contribution in [-0.4, -0.2) is 23.6 Å². The molecule has 0 radical (unpaired) electrons. The van der Waals surface area contributed by atoms with Crippen LogP contribution in [0.1, 0.15) is 33.6 Å². The molecule has 2 aromatic rings. The van der Waals surface area contributed by atoms with Gasteiger partial charge in [0.15, 0.2) is 5.75 Å². The van der Waals surface area contributed by atoms with E-state index >= 15 is 0 Å². The Morgan fingerprint density at radius 1 is 1.22 bits per heavy atom. The molecule has 0 atom stereocenters. The smallest absolute Gasteiger partial charge is 0.294 e. The van der Waals surface area contributed by atoms with Gasteiger partial charge in [-0.15, -0.1) is 0 Å². The van der Waals surface area contributed by atoms with E-state index in [1.807, 2.05) is 13.0 Å². The van der Waals surface area contributed by atoms with Crippen molar-refractivity contribution >= 4 is 16.6 Å². The molecule has 7 heteroatoms. The van der Waals surface area contributed by atoms with Gasteiger partial charge in [0.1, 0.15) is 6.61 Å². The first kappa shape index (κ1) is 20.2. The monoisotopic (exact) mass is 372 g/mol. The maximum atomic E-state index is 12.2. The molecule has 7 nitrogen and oxygen atoms in total. The number of hydrogen-bond donors (Lipinski definition) is 1. The molecule has 0 unspecified atom stereocenters. The Morgan fingerprint density at radius 2 is 1.96 bits per heavy atom. The van der Waals surface area contributed by atoms with Crippen molar-refractivity contribution in [2.75, 3.05) is 13.7 Å². The number of nitrogens with zero attached hydrogens (tertiary/aromatic N) is 1. The minimum atomic E-state index is -0.513. The normalized spacial score (nSPS) is 11.3. The van der Waals surface area contributed by atoms with Crippen LogP contribution in [0, 0.1) is 10.1 Å². The number of non-ortho nitro benzene ring substituents is 1. The van der Waals surface area contributed by atoms with Crippen LogP contribution in [-0.2, 0) is 0 Å². The minimum absolute atomic E-state index is 0.0481. The molecule has 1 aromatic carbocycles. The minimum Gasteiger partial charge on any atom is -0.488 e. The second kappa shape index (κ2) is 9.02. The van der Waals surface area contributed by atoms with E-state index in [4.69, 9.17) is 9.47 Å². The molecule has 1 N–H and O–H groups in total. The number of H-pyrrole nitrogens is 1. The van der Waals surface area contributed by atoms with Gasteiger partial charge < -0.3 is 14.5 Å². The first-order valence-electron chi connectivity index (χ1n) is 8.63. The molecule has 0 aliphatic rings. The largest absolute Gasteiger partial charge is 0.488 e. The molecule has 27 heavy (non-hydrogen) atoms. The van der Waals surface area contributed by atoms with Gasteiger partial charge in [0.25, 0.3) is 11.2 Å². The van der Waals surface area contributed by atoms with Crippen LogP contribution in [0.2, 0.25) is 0 Å². The number of allylic oxidation sites excluding steroid dienone is 3. The van der Waals surface area contributed by atoms with Gasteiger partial charge in [0.2, 0.25) is 5.75 Å². The molecule has 1 aromatic heterocycles. The molecule has 0 spiro atoms. The molecule has 0 saturated carbocycles. The fraction of sp³-hybridized carbons (Fsp3) is 0.350. The molecule has 2 rings (SSSR count). The van der Waals surface area contributed by atoms with Crippen LogP contribution < -0.4 is 15.0 Å². The van der Waals surface area contributed by atoms with Gasteiger partial charge in [-0.1, -0.05) is 17.2 Å². The molecule has 0 amide bonds. The zero-order valence-corrected chi connectivity index (χ0v) is 16.0. The van der Waals surface area contributed by atoms with Crippen LogP contribution in [0.25, 0.3) is 10.9 Å². The van der Waals surface area contributed by atoms with E-state index < -0.39 is 10.5 Å². The number of benzene rings is 1. The third kappa shape index (κ3) is 5.20. The fourth-order valence-electron chi connectivity index (χ4n) is 2.64. The molecule has 0 bridgehead atoms. The zero-order chi connectivity index (χ0) is 20.0. The van der Waals surface area contributed by atoms with Crippen molar-refractivity contribution in [2.24, 2.45) is 0 Å². The lowest BCUT2D eigenvalue weighted by Crippen LogP contribution is -2.12. The lowest BCUT2D eigenvalue weighted by molar-refractivity contribution is -0.384. The summed E-state index contributed by atoms with van der Waals surface area (Å²) in [5.74, 6) is 0.325. The average Bonchev–Trinajstić information content (AvgIpc) is 2.60. The number of aromatic nitrogens is 1. The third-order valence-corrected chi connectivity index (χ3v) is 4.07. The third-order valence-electron chi connectivity index (χ3n) is 4.07. The summed E-state index contributed by atoms with van der Waals surface area (Å²) in [6, 6.07) is 4.23. The van der Waals surface area contributed by atoms with Gasteiger partial charge in [-0.05, 0) is 45.8 Å². The van der Waals surface area contributed by atoms with Crippen molar-refractivity contribution in [1.82, 2.24) is 4.98 Å². The first-order chi connectivity index (χ1) is 12.8. The van der Waals surface area contributed by atoms with Gasteiger partial charge in [0.05, 0.1) is 17.5 Å². The second-order valence-electron chi connectivity index (χ2n) is 6.49. The number of ether oxygens (including phenoxy) is 2. The lowest BCUT2D eigenvalue weighted by atomic mass is 10.1. The standard InChI is InChI=1S/C20H24N2O5/c1-13(2)6-5-7-14(3)10-11-27-18-16-9-8-15(22(24)25)12-17(16)21-20(23)19(18)26-4/h6,8-10,12H,5,7,11H2,1-4H3,(H,21,23)/b14-10+. The molecule has 0 fully saturated rings. The number of hydrogen-bond acceptors (Lipinski definition) is 5.